The Bertz CT molecular complexity index is 679. The molecule has 112 valence electrons. The van der Waals surface area contributed by atoms with Crippen LogP contribution in [0.4, 0.5) is 0 Å². The Balaban J connectivity index is 2.44. The van der Waals surface area contributed by atoms with E-state index in [-0.39, 0.29) is 18.7 Å². The van der Waals surface area contributed by atoms with Crippen molar-refractivity contribution in [3.05, 3.63) is 33.2 Å². The standard InChI is InChI=1S/C13H15N3O5/c1-6-3-7(2)15-11(18)10(6)12(19)16-5-9(17)14-4-8(16)13(20)21/h3,8H,4-5H2,1-2H3,(H,14,17)(H,15,18)(H,20,21). The number of aliphatic carboxylic acids is 1. The minimum absolute atomic E-state index is 0.137. The number of hydrogen-bond acceptors (Lipinski definition) is 4. The summed E-state index contributed by atoms with van der Waals surface area (Å²) in [5.41, 5.74) is 0.311. The van der Waals surface area contributed by atoms with Crippen molar-refractivity contribution in [1.29, 1.82) is 0 Å². The number of aromatic nitrogens is 1. The molecule has 2 heterocycles. The summed E-state index contributed by atoms with van der Waals surface area (Å²) in [6, 6.07) is 0.435. The van der Waals surface area contributed by atoms with Crippen molar-refractivity contribution >= 4 is 17.8 Å². The van der Waals surface area contributed by atoms with E-state index in [2.05, 4.69) is 10.3 Å². The second kappa shape index (κ2) is 5.39. The first-order valence-corrected chi connectivity index (χ1v) is 6.32. The first-order valence-electron chi connectivity index (χ1n) is 6.32. The average molecular weight is 293 g/mol. The smallest absolute Gasteiger partial charge is 0.328 e. The van der Waals surface area contributed by atoms with Crippen LogP contribution in [0.1, 0.15) is 21.6 Å². The molecule has 1 unspecified atom stereocenters. The second-order valence-corrected chi connectivity index (χ2v) is 4.93. The average Bonchev–Trinajstić information content (AvgIpc) is 2.36. The molecular formula is C13H15N3O5. The highest BCUT2D eigenvalue weighted by atomic mass is 16.4. The van der Waals surface area contributed by atoms with Gasteiger partial charge in [0.05, 0.1) is 0 Å². The molecule has 1 aliphatic heterocycles. The lowest BCUT2D eigenvalue weighted by Gasteiger charge is -2.32. The summed E-state index contributed by atoms with van der Waals surface area (Å²) >= 11 is 0. The molecule has 1 aromatic rings. The van der Waals surface area contributed by atoms with Gasteiger partial charge in [0.25, 0.3) is 11.5 Å². The molecule has 0 aromatic carbocycles. The van der Waals surface area contributed by atoms with Gasteiger partial charge in [0.15, 0.2) is 0 Å². The van der Waals surface area contributed by atoms with Crippen molar-refractivity contribution in [2.75, 3.05) is 13.1 Å². The van der Waals surface area contributed by atoms with Gasteiger partial charge >= 0.3 is 5.97 Å². The molecule has 2 rings (SSSR count). The number of aryl methyl sites for hydroxylation is 2. The highest BCUT2D eigenvalue weighted by Crippen LogP contribution is 2.12. The van der Waals surface area contributed by atoms with E-state index in [1.807, 2.05) is 0 Å². The molecule has 0 bridgehead atoms. The van der Waals surface area contributed by atoms with Gasteiger partial charge in [-0.3, -0.25) is 14.4 Å². The fourth-order valence-electron chi connectivity index (χ4n) is 2.34. The lowest BCUT2D eigenvalue weighted by atomic mass is 10.1. The quantitative estimate of drug-likeness (QED) is 0.647. The normalized spacial score (nSPS) is 18.3. The maximum absolute atomic E-state index is 12.5. The molecular weight excluding hydrogens is 278 g/mol. The number of aromatic amines is 1. The summed E-state index contributed by atoms with van der Waals surface area (Å²) in [5, 5.41) is 11.5. The zero-order chi connectivity index (χ0) is 15.7. The summed E-state index contributed by atoms with van der Waals surface area (Å²) in [6.07, 6.45) is 0. The van der Waals surface area contributed by atoms with Crippen LogP contribution in [0.5, 0.6) is 0 Å². The van der Waals surface area contributed by atoms with E-state index in [1.54, 1.807) is 19.9 Å². The first kappa shape index (κ1) is 14.8. The molecule has 1 saturated heterocycles. The van der Waals surface area contributed by atoms with Crippen LogP contribution in [0.2, 0.25) is 0 Å². The summed E-state index contributed by atoms with van der Waals surface area (Å²) in [7, 11) is 0. The molecule has 3 N–H and O–H groups in total. The fourth-order valence-corrected chi connectivity index (χ4v) is 2.34. The molecule has 0 spiro atoms. The van der Waals surface area contributed by atoms with Crippen LogP contribution in [-0.2, 0) is 9.59 Å². The predicted octanol–water partition coefficient (Wildman–Crippen LogP) is -0.983. The van der Waals surface area contributed by atoms with Crippen molar-refractivity contribution in [3.63, 3.8) is 0 Å². The fraction of sp³-hybridized carbons (Fsp3) is 0.385. The molecule has 8 nitrogen and oxygen atoms in total. The zero-order valence-electron chi connectivity index (χ0n) is 11.6. The van der Waals surface area contributed by atoms with Crippen LogP contribution in [0.25, 0.3) is 0 Å². The van der Waals surface area contributed by atoms with E-state index < -0.39 is 29.4 Å². The number of hydrogen-bond donors (Lipinski definition) is 3. The van der Waals surface area contributed by atoms with Crippen LogP contribution in [0.3, 0.4) is 0 Å². The Morgan fingerprint density at radius 2 is 2.00 bits per heavy atom. The number of nitrogens with zero attached hydrogens (tertiary/aromatic N) is 1. The molecule has 8 heteroatoms. The Labute approximate surface area is 119 Å². The number of nitrogens with one attached hydrogen (secondary N) is 2. The van der Waals surface area contributed by atoms with Gasteiger partial charge in [-0.15, -0.1) is 0 Å². The van der Waals surface area contributed by atoms with Crippen LogP contribution >= 0.6 is 0 Å². The van der Waals surface area contributed by atoms with E-state index in [9.17, 15) is 19.2 Å². The molecule has 1 atom stereocenters. The summed E-state index contributed by atoms with van der Waals surface area (Å²) < 4.78 is 0. The number of piperazine rings is 1. The molecule has 0 radical (unpaired) electrons. The number of carbonyl (C=O) groups is 3. The second-order valence-electron chi connectivity index (χ2n) is 4.93. The molecule has 1 fully saturated rings. The molecule has 1 aliphatic rings. The van der Waals surface area contributed by atoms with Gasteiger partial charge in [0.2, 0.25) is 5.91 Å². The molecule has 1 aromatic heterocycles. The van der Waals surface area contributed by atoms with Crippen molar-refractivity contribution in [3.8, 4) is 0 Å². The molecule has 0 aliphatic carbocycles. The monoisotopic (exact) mass is 293 g/mol. The van der Waals surface area contributed by atoms with Gasteiger partial charge in [-0.2, -0.15) is 0 Å². The van der Waals surface area contributed by atoms with E-state index in [1.165, 1.54) is 0 Å². The van der Waals surface area contributed by atoms with E-state index in [4.69, 9.17) is 5.11 Å². The predicted molar refractivity (Wildman–Crippen MR) is 72.0 cm³/mol. The molecule has 21 heavy (non-hydrogen) atoms. The SMILES string of the molecule is Cc1cc(C)c(C(=O)N2CC(=O)NCC2C(=O)O)c(=O)[nH]1. The number of carboxylic acids is 1. The number of carboxylic acid groups (broad SMARTS) is 1. The highest BCUT2D eigenvalue weighted by molar-refractivity contribution is 6.00. The van der Waals surface area contributed by atoms with Crippen molar-refractivity contribution in [2.24, 2.45) is 0 Å². The highest BCUT2D eigenvalue weighted by Gasteiger charge is 2.36. The van der Waals surface area contributed by atoms with Gasteiger partial charge < -0.3 is 20.3 Å². The zero-order valence-corrected chi connectivity index (χ0v) is 11.6. The van der Waals surface area contributed by atoms with E-state index in [0.29, 0.717) is 11.3 Å². The summed E-state index contributed by atoms with van der Waals surface area (Å²) in [5.74, 6) is -2.44. The number of amides is 2. The van der Waals surface area contributed by atoms with Crippen LogP contribution in [0.15, 0.2) is 10.9 Å². The topological polar surface area (TPSA) is 120 Å². The minimum Gasteiger partial charge on any atom is -0.480 e. The molecule has 0 saturated carbocycles. The Morgan fingerprint density at radius 1 is 1.33 bits per heavy atom. The third kappa shape index (κ3) is 2.78. The van der Waals surface area contributed by atoms with Crippen molar-refractivity contribution in [2.45, 2.75) is 19.9 Å². The Hall–Kier alpha value is -2.64. The van der Waals surface area contributed by atoms with Crippen LogP contribution in [-0.4, -0.2) is 51.9 Å². The first-order chi connectivity index (χ1) is 9.81. The third-order valence-electron chi connectivity index (χ3n) is 3.31. The van der Waals surface area contributed by atoms with Crippen LogP contribution in [0, 0.1) is 13.8 Å². The van der Waals surface area contributed by atoms with Gasteiger partial charge in [0, 0.05) is 12.2 Å². The van der Waals surface area contributed by atoms with Gasteiger partial charge in [-0.05, 0) is 25.5 Å². The lowest BCUT2D eigenvalue weighted by molar-refractivity contribution is -0.144. The van der Waals surface area contributed by atoms with E-state index in [0.717, 1.165) is 4.90 Å². The number of carbonyl (C=O) groups excluding carboxylic acids is 2. The van der Waals surface area contributed by atoms with Crippen molar-refractivity contribution < 1.29 is 19.5 Å². The van der Waals surface area contributed by atoms with Crippen molar-refractivity contribution in [1.82, 2.24) is 15.2 Å². The summed E-state index contributed by atoms with van der Waals surface area (Å²) in [6.45, 7) is 2.71. The van der Waals surface area contributed by atoms with Gasteiger partial charge in [0.1, 0.15) is 18.2 Å². The third-order valence-corrected chi connectivity index (χ3v) is 3.31. The number of pyridine rings is 1. The summed E-state index contributed by atoms with van der Waals surface area (Å²) in [4.78, 5) is 50.5. The Morgan fingerprint density at radius 3 is 2.57 bits per heavy atom. The maximum Gasteiger partial charge on any atom is 0.328 e. The van der Waals surface area contributed by atoms with Gasteiger partial charge in [-0.25, -0.2) is 4.79 Å². The lowest BCUT2D eigenvalue weighted by Crippen LogP contribution is -2.59. The Kier molecular flexibility index (Phi) is 3.79. The van der Waals surface area contributed by atoms with E-state index >= 15 is 0 Å². The molecule has 2 amide bonds. The maximum atomic E-state index is 12.5. The number of H-pyrrole nitrogens is 1. The van der Waals surface area contributed by atoms with Crippen LogP contribution < -0.4 is 10.9 Å². The number of rotatable bonds is 2. The largest absolute Gasteiger partial charge is 0.480 e. The van der Waals surface area contributed by atoms with Gasteiger partial charge in [-0.1, -0.05) is 0 Å². The minimum atomic E-state index is -1.23.